The van der Waals surface area contributed by atoms with Gasteiger partial charge in [-0.2, -0.15) is 0 Å². The van der Waals surface area contributed by atoms with Crippen LogP contribution in [0.5, 0.6) is 0 Å². The zero-order valence-corrected chi connectivity index (χ0v) is 12.7. The molecule has 0 radical (unpaired) electrons. The molecule has 0 unspecified atom stereocenters. The number of thiophene rings is 1. The second kappa shape index (κ2) is 5.70. The second-order valence-corrected chi connectivity index (χ2v) is 7.08. The normalized spacial score (nSPS) is 18.0. The highest BCUT2D eigenvalue weighted by molar-refractivity contribution is 9.11. The summed E-state index contributed by atoms with van der Waals surface area (Å²) in [6.45, 7) is 2.42. The molecule has 102 valence electrons. The van der Waals surface area contributed by atoms with E-state index in [0.29, 0.717) is 18.3 Å². The first kappa shape index (κ1) is 13.2. The van der Waals surface area contributed by atoms with Crippen LogP contribution in [0.1, 0.15) is 18.7 Å². The number of aromatic nitrogens is 2. The molecule has 1 N–H and O–H groups in total. The van der Waals surface area contributed by atoms with Gasteiger partial charge in [-0.3, -0.25) is 4.90 Å². The van der Waals surface area contributed by atoms with E-state index in [-0.39, 0.29) is 6.10 Å². The Morgan fingerprint density at radius 3 is 2.84 bits per heavy atom. The first-order chi connectivity index (χ1) is 9.20. The number of hydrogen-bond acceptors (Lipinski definition) is 6. The van der Waals surface area contributed by atoms with Gasteiger partial charge in [0.05, 0.1) is 21.3 Å². The van der Waals surface area contributed by atoms with Crippen molar-refractivity contribution in [2.75, 3.05) is 13.1 Å². The van der Waals surface area contributed by atoms with Gasteiger partial charge in [-0.1, -0.05) is 0 Å². The first-order valence-electron chi connectivity index (χ1n) is 6.19. The van der Waals surface area contributed by atoms with Gasteiger partial charge >= 0.3 is 0 Å². The summed E-state index contributed by atoms with van der Waals surface area (Å²) in [5.41, 5.74) is 0. The molecule has 0 amide bonds. The lowest BCUT2D eigenvalue weighted by atomic mass is 10.1. The van der Waals surface area contributed by atoms with Gasteiger partial charge < -0.3 is 9.52 Å². The Kier molecular flexibility index (Phi) is 3.97. The van der Waals surface area contributed by atoms with E-state index < -0.39 is 0 Å². The summed E-state index contributed by atoms with van der Waals surface area (Å²) >= 11 is 4.99. The number of aliphatic hydroxyl groups is 1. The first-order valence-corrected chi connectivity index (χ1v) is 7.80. The molecule has 0 bridgehead atoms. The maximum absolute atomic E-state index is 9.47. The smallest absolute Gasteiger partial charge is 0.257 e. The summed E-state index contributed by atoms with van der Waals surface area (Å²) in [5.74, 6) is 1.21. The summed E-state index contributed by atoms with van der Waals surface area (Å²) in [4.78, 5) is 3.20. The van der Waals surface area contributed by atoms with Crippen molar-refractivity contribution in [3.8, 4) is 10.8 Å². The molecule has 19 heavy (non-hydrogen) atoms. The number of rotatable bonds is 3. The molecule has 7 heteroatoms. The summed E-state index contributed by atoms with van der Waals surface area (Å²) in [6, 6.07) is 3.93. The van der Waals surface area contributed by atoms with Crippen molar-refractivity contribution in [2.45, 2.75) is 25.5 Å². The third-order valence-electron chi connectivity index (χ3n) is 3.17. The van der Waals surface area contributed by atoms with Gasteiger partial charge in [0.25, 0.3) is 5.89 Å². The zero-order valence-electron chi connectivity index (χ0n) is 10.3. The lowest BCUT2D eigenvalue weighted by Gasteiger charge is -2.27. The van der Waals surface area contributed by atoms with Crippen LogP contribution in [-0.4, -0.2) is 39.4 Å². The van der Waals surface area contributed by atoms with Crippen LogP contribution >= 0.6 is 27.3 Å². The highest BCUT2D eigenvalue weighted by Crippen LogP contribution is 2.30. The van der Waals surface area contributed by atoms with Gasteiger partial charge in [0, 0.05) is 13.1 Å². The number of hydrogen-bond donors (Lipinski definition) is 1. The quantitative estimate of drug-likeness (QED) is 0.927. The van der Waals surface area contributed by atoms with Crippen LogP contribution in [0.3, 0.4) is 0 Å². The highest BCUT2D eigenvalue weighted by Gasteiger charge is 2.19. The summed E-state index contributed by atoms with van der Waals surface area (Å²) in [7, 11) is 0. The maximum atomic E-state index is 9.47. The predicted molar refractivity (Wildman–Crippen MR) is 75.8 cm³/mol. The molecule has 0 atom stereocenters. The van der Waals surface area contributed by atoms with Crippen molar-refractivity contribution in [1.82, 2.24) is 15.1 Å². The van der Waals surface area contributed by atoms with E-state index in [9.17, 15) is 5.11 Å². The number of nitrogens with zero attached hydrogens (tertiary/aromatic N) is 3. The Bertz CT molecular complexity index is 549. The van der Waals surface area contributed by atoms with Gasteiger partial charge in [-0.05, 0) is 40.9 Å². The number of halogens is 1. The Labute approximate surface area is 123 Å². The van der Waals surface area contributed by atoms with Crippen LogP contribution in [0.25, 0.3) is 10.8 Å². The maximum Gasteiger partial charge on any atom is 0.257 e. The third kappa shape index (κ3) is 3.22. The average molecular weight is 344 g/mol. The molecule has 0 spiro atoms. The van der Waals surface area contributed by atoms with Crippen molar-refractivity contribution in [3.63, 3.8) is 0 Å². The Morgan fingerprint density at radius 1 is 1.37 bits per heavy atom. The summed E-state index contributed by atoms with van der Waals surface area (Å²) in [5, 5.41) is 17.6. The Hall–Kier alpha value is -0.760. The Morgan fingerprint density at radius 2 is 2.16 bits per heavy atom. The monoisotopic (exact) mass is 343 g/mol. The molecule has 0 aromatic carbocycles. The lowest BCUT2D eigenvalue weighted by Crippen LogP contribution is -2.35. The van der Waals surface area contributed by atoms with E-state index in [1.807, 2.05) is 12.1 Å². The van der Waals surface area contributed by atoms with E-state index in [2.05, 4.69) is 31.0 Å². The summed E-state index contributed by atoms with van der Waals surface area (Å²) < 4.78 is 6.72. The molecular formula is C12H14BrN3O2S. The van der Waals surface area contributed by atoms with Crippen LogP contribution in [0.2, 0.25) is 0 Å². The van der Waals surface area contributed by atoms with Crippen molar-refractivity contribution < 1.29 is 9.52 Å². The molecule has 3 heterocycles. The standard InChI is InChI=1S/C12H14BrN3O2S/c13-10-2-1-9(19-10)12-15-14-11(18-12)7-16-5-3-8(17)4-6-16/h1-2,8,17H,3-7H2. The molecule has 1 aliphatic rings. The number of piperidine rings is 1. The summed E-state index contributed by atoms with van der Waals surface area (Å²) in [6.07, 6.45) is 1.48. The van der Waals surface area contributed by atoms with E-state index in [1.54, 1.807) is 11.3 Å². The van der Waals surface area contributed by atoms with Crippen LogP contribution < -0.4 is 0 Å². The van der Waals surface area contributed by atoms with Gasteiger partial charge in [0.2, 0.25) is 5.89 Å². The second-order valence-electron chi connectivity index (χ2n) is 4.61. The fraction of sp³-hybridized carbons (Fsp3) is 0.500. The minimum atomic E-state index is -0.155. The molecule has 5 nitrogen and oxygen atoms in total. The molecule has 3 rings (SSSR count). The average Bonchev–Trinajstić information content (AvgIpc) is 3.01. The molecule has 0 aliphatic carbocycles. The van der Waals surface area contributed by atoms with Crippen molar-refractivity contribution in [3.05, 3.63) is 21.8 Å². The minimum absolute atomic E-state index is 0.155. The van der Waals surface area contributed by atoms with Crippen molar-refractivity contribution in [2.24, 2.45) is 0 Å². The van der Waals surface area contributed by atoms with E-state index in [4.69, 9.17) is 4.42 Å². The van der Waals surface area contributed by atoms with Gasteiger partial charge in [-0.15, -0.1) is 21.5 Å². The Balaban J connectivity index is 1.65. The van der Waals surface area contributed by atoms with Crippen LogP contribution in [0, 0.1) is 0 Å². The fourth-order valence-corrected chi connectivity index (χ4v) is 3.42. The van der Waals surface area contributed by atoms with Crippen LogP contribution in [-0.2, 0) is 6.54 Å². The molecular weight excluding hydrogens is 330 g/mol. The van der Waals surface area contributed by atoms with Gasteiger partial charge in [0.1, 0.15) is 0 Å². The predicted octanol–water partition coefficient (Wildman–Crippen LogP) is 2.52. The van der Waals surface area contributed by atoms with Crippen molar-refractivity contribution in [1.29, 1.82) is 0 Å². The molecule has 1 fully saturated rings. The SMILES string of the molecule is OC1CCN(Cc2nnc(-c3ccc(Br)s3)o2)CC1. The van der Waals surface area contributed by atoms with E-state index >= 15 is 0 Å². The lowest BCUT2D eigenvalue weighted by molar-refractivity contribution is 0.0752. The highest BCUT2D eigenvalue weighted by atomic mass is 79.9. The molecule has 1 aliphatic heterocycles. The van der Waals surface area contributed by atoms with Crippen molar-refractivity contribution >= 4 is 27.3 Å². The topological polar surface area (TPSA) is 62.4 Å². The molecule has 1 saturated heterocycles. The number of likely N-dealkylation sites (tertiary alicyclic amines) is 1. The molecule has 2 aromatic heterocycles. The largest absolute Gasteiger partial charge is 0.419 e. The molecule has 0 saturated carbocycles. The van der Waals surface area contributed by atoms with E-state index in [1.165, 1.54) is 0 Å². The fourth-order valence-electron chi connectivity index (χ4n) is 2.12. The minimum Gasteiger partial charge on any atom is -0.419 e. The van der Waals surface area contributed by atoms with Crippen LogP contribution in [0.4, 0.5) is 0 Å². The zero-order chi connectivity index (χ0) is 13.2. The van der Waals surface area contributed by atoms with E-state index in [0.717, 1.165) is 34.6 Å². The van der Waals surface area contributed by atoms with Gasteiger partial charge in [-0.25, -0.2) is 0 Å². The molecule has 2 aromatic rings. The third-order valence-corrected chi connectivity index (χ3v) is 4.78. The number of aliphatic hydroxyl groups excluding tert-OH is 1. The van der Waals surface area contributed by atoms with Crippen LogP contribution in [0.15, 0.2) is 20.3 Å². The van der Waals surface area contributed by atoms with Gasteiger partial charge in [0.15, 0.2) is 0 Å².